The van der Waals surface area contributed by atoms with Crippen molar-refractivity contribution >= 4 is 15.5 Å². The van der Waals surface area contributed by atoms with Crippen LogP contribution in [-0.2, 0) is 9.84 Å². The zero-order chi connectivity index (χ0) is 14.9. The Morgan fingerprint density at radius 3 is 2.86 bits per heavy atom. The predicted octanol–water partition coefficient (Wildman–Crippen LogP) is 2.03. The minimum Gasteiger partial charge on any atom is -0.381 e. The minimum atomic E-state index is -2.94. The number of aromatic nitrogens is 2. The van der Waals surface area contributed by atoms with Crippen LogP contribution < -0.4 is 5.32 Å². The van der Waals surface area contributed by atoms with E-state index in [0.717, 1.165) is 17.7 Å². The normalized spacial score (nSPS) is 21.1. The summed E-state index contributed by atoms with van der Waals surface area (Å²) in [6.07, 6.45) is 1.54. The SMILES string of the molecule is Cc1noc(-c2ccccc2NC2CCCS(=O)(=O)C2)n1. The summed E-state index contributed by atoms with van der Waals surface area (Å²) in [7, 11) is -2.94. The number of hydrogen-bond donors (Lipinski definition) is 1. The van der Waals surface area contributed by atoms with Crippen molar-refractivity contribution in [3.63, 3.8) is 0 Å². The first-order valence-electron chi connectivity index (χ1n) is 6.90. The molecule has 1 aliphatic rings. The molecule has 21 heavy (non-hydrogen) atoms. The van der Waals surface area contributed by atoms with E-state index in [2.05, 4.69) is 15.5 Å². The molecule has 6 nitrogen and oxygen atoms in total. The number of sulfone groups is 1. The Morgan fingerprint density at radius 1 is 1.33 bits per heavy atom. The Bertz CT molecular complexity index is 739. The zero-order valence-corrected chi connectivity index (χ0v) is 12.6. The van der Waals surface area contributed by atoms with Gasteiger partial charge in [0.15, 0.2) is 15.7 Å². The van der Waals surface area contributed by atoms with Crippen LogP contribution in [0.1, 0.15) is 18.7 Å². The lowest BCUT2D eigenvalue weighted by Gasteiger charge is -2.24. The fraction of sp³-hybridized carbons (Fsp3) is 0.429. The van der Waals surface area contributed by atoms with Crippen LogP contribution in [0, 0.1) is 6.92 Å². The summed E-state index contributed by atoms with van der Waals surface area (Å²) in [5.41, 5.74) is 1.62. The second kappa shape index (κ2) is 5.48. The van der Waals surface area contributed by atoms with Crippen molar-refractivity contribution in [2.45, 2.75) is 25.8 Å². The van der Waals surface area contributed by atoms with E-state index in [1.807, 2.05) is 24.3 Å². The molecule has 1 atom stereocenters. The number of rotatable bonds is 3. The van der Waals surface area contributed by atoms with Crippen LogP contribution in [0.3, 0.4) is 0 Å². The molecule has 0 bridgehead atoms. The van der Waals surface area contributed by atoms with Crippen molar-refractivity contribution < 1.29 is 12.9 Å². The molecule has 1 unspecified atom stereocenters. The third-order valence-corrected chi connectivity index (χ3v) is 5.33. The second-order valence-corrected chi connectivity index (χ2v) is 7.52. The summed E-state index contributed by atoms with van der Waals surface area (Å²) in [5, 5.41) is 7.10. The molecule has 0 aliphatic carbocycles. The zero-order valence-electron chi connectivity index (χ0n) is 11.7. The quantitative estimate of drug-likeness (QED) is 0.934. The molecule has 0 spiro atoms. The van der Waals surface area contributed by atoms with Crippen molar-refractivity contribution in [1.82, 2.24) is 10.1 Å². The Balaban J connectivity index is 1.86. The van der Waals surface area contributed by atoms with Gasteiger partial charge in [-0.05, 0) is 31.9 Å². The molecule has 1 N–H and O–H groups in total. The van der Waals surface area contributed by atoms with Crippen LogP contribution in [0.4, 0.5) is 5.69 Å². The lowest BCUT2D eigenvalue weighted by atomic mass is 10.1. The molecule has 0 saturated carbocycles. The van der Waals surface area contributed by atoms with Crippen LogP contribution in [0.5, 0.6) is 0 Å². The van der Waals surface area contributed by atoms with E-state index >= 15 is 0 Å². The molecular weight excluding hydrogens is 290 g/mol. The van der Waals surface area contributed by atoms with Crippen molar-refractivity contribution in [2.24, 2.45) is 0 Å². The molecule has 1 aromatic heterocycles. The molecule has 7 heteroatoms. The predicted molar refractivity (Wildman–Crippen MR) is 79.8 cm³/mol. The molecule has 1 aliphatic heterocycles. The highest BCUT2D eigenvalue weighted by Gasteiger charge is 2.25. The average Bonchev–Trinajstić information content (AvgIpc) is 2.85. The van der Waals surface area contributed by atoms with E-state index in [0.29, 0.717) is 18.1 Å². The summed E-state index contributed by atoms with van der Waals surface area (Å²) < 4.78 is 28.7. The largest absolute Gasteiger partial charge is 0.381 e. The van der Waals surface area contributed by atoms with E-state index in [4.69, 9.17) is 4.52 Å². The van der Waals surface area contributed by atoms with Gasteiger partial charge in [0, 0.05) is 11.7 Å². The van der Waals surface area contributed by atoms with Gasteiger partial charge in [0.05, 0.1) is 17.1 Å². The number of hydrogen-bond acceptors (Lipinski definition) is 6. The summed E-state index contributed by atoms with van der Waals surface area (Å²) in [6.45, 7) is 1.76. The monoisotopic (exact) mass is 307 g/mol. The fourth-order valence-electron chi connectivity index (χ4n) is 2.56. The smallest absolute Gasteiger partial charge is 0.260 e. The summed E-state index contributed by atoms with van der Waals surface area (Å²) >= 11 is 0. The van der Waals surface area contributed by atoms with Gasteiger partial charge in [-0.25, -0.2) is 8.42 Å². The molecule has 2 heterocycles. The van der Waals surface area contributed by atoms with Gasteiger partial charge in [0.1, 0.15) is 0 Å². The Kier molecular flexibility index (Phi) is 3.67. The number of aryl methyl sites for hydroxylation is 1. The maximum absolute atomic E-state index is 11.7. The lowest BCUT2D eigenvalue weighted by Crippen LogP contribution is -2.34. The number of anilines is 1. The molecule has 0 radical (unpaired) electrons. The highest BCUT2D eigenvalue weighted by Crippen LogP contribution is 2.28. The lowest BCUT2D eigenvalue weighted by molar-refractivity contribution is 0.425. The molecule has 1 aromatic carbocycles. The van der Waals surface area contributed by atoms with E-state index in [9.17, 15) is 8.42 Å². The highest BCUT2D eigenvalue weighted by molar-refractivity contribution is 7.91. The summed E-state index contributed by atoms with van der Waals surface area (Å²) in [4.78, 5) is 4.23. The molecule has 0 amide bonds. The Morgan fingerprint density at radius 2 is 2.14 bits per heavy atom. The number of nitrogens with zero attached hydrogens (tertiary/aromatic N) is 2. The average molecular weight is 307 g/mol. The van der Waals surface area contributed by atoms with Gasteiger partial charge < -0.3 is 9.84 Å². The van der Waals surface area contributed by atoms with Gasteiger partial charge >= 0.3 is 0 Å². The van der Waals surface area contributed by atoms with E-state index in [1.165, 1.54) is 0 Å². The first-order chi connectivity index (χ1) is 10.0. The standard InChI is InChI=1S/C14H17N3O3S/c1-10-15-14(20-17-10)12-6-2-3-7-13(12)16-11-5-4-8-21(18,19)9-11/h2-3,6-7,11,16H,4-5,8-9H2,1H3. The van der Waals surface area contributed by atoms with Crippen LogP contribution in [0.25, 0.3) is 11.5 Å². The van der Waals surface area contributed by atoms with Gasteiger partial charge in [-0.2, -0.15) is 4.98 Å². The maximum Gasteiger partial charge on any atom is 0.260 e. The summed E-state index contributed by atoms with van der Waals surface area (Å²) in [5.74, 6) is 1.47. The van der Waals surface area contributed by atoms with Crippen LogP contribution in [-0.4, -0.2) is 36.1 Å². The van der Waals surface area contributed by atoms with Gasteiger partial charge in [0.2, 0.25) is 0 Å². The van der Waals surface area contributed by atoms with Crippen molar-refractivity contribution in [3.05, 3.63) is 30.1 Å². The highest BCUT2D eigenvalue weighted by atomic mass is 32.2. The summed E-state index contributed by atoms with van der Waals surface area (Å²) in [6, 6.07) is 7.49. The Hall–Kier alpha value is -1.89. The first kappa shape index (κ1) is 14.1. The van der Waals surface area contributed by atoms with Gasteiger partial charge in [0.25, 0.3) is 5.89 Å². The molecule has 112 valence electrons. The van der Waals surface area contributed by atoms with E-state index in [1.54, 1.807) is 6.92 Å². The van der Waals surface area contributed by atoms with E-state index in [-0.39, 0.29) is 17.5 Å². The molecule has 3 rings (SSSR count). The van der Waals surface area contributed by atoms with E-state index < -0.39 is 9.84 Å². The van der Waals surface area contributed by atoms with Gasteiger partial charge in [-0.3, -0.25) is 0 Å². The van der Waals surface area contributed by atoms with Crippen molar-refractivity contribution in [3.8, 4) is 11.5 Å². The molecule has 2 aromatic rings. The fourth-order valence-corrected chi connectivity index (χ4v) is 4.19. The third-order valence-electron chi connectivity index (χ3n) is 3.51. The van der Waals surface area contributed by atoms with Gasteiger partial charge in [-0.15, -0.1) is 0 Å². The Labute approximate surface area is 123 Å². The molecule has 1 saturated heterocycles. The van der Waals surface area contributed by atoms with Crippen LogP contribution in [0.2, 0.25) is 0 Å². The maximum atomic E-state index is 11.7. The first-order valence-corrected chi connectivity index (χ1v) is 8.72. The van der Waals surface area contributed by atoms with Crippen molar-refractivity contribution in [1.29, 1.82) is 0 Å². The number of nitrogens with one attached hydrogen (secondary N) is 1. The number of benzene rings is 1. The topological polar surface area (TPSA) is 85.1 Å². The van der Waals surface area contributed by atoms with Crippen molar-refractivity contribution in [2.75, 3.05) is 16.8 Å². The second-order valence-electron chi connectivity index (χ2n) is 5.29. The number of para-hydroxylation sites is 1. The minimum absolute atomic E-state index is 0.0751. The van der Waals surface area contributed by atoms with Crippen LogP contribution in [0.15, 0.2) is 28.8 Å². The van der Waals surface area contributed by atoms with Crippen LogP contribution >= 0.6 is 0 Å². The molecule has 1 fully saturated rings. The third kappa shape index (κ3) is 3.24. The van der Waals surface area contributed by atoms with Gasteiger partial charge in [-0.1, -0.05) is 17.3 Å². The molecular formula is C14H17N3O3S.